The van der Waals surface area contributed by atoms with Crippen molar-refractivity contribution in [2.75, 3.05) is 19.6 Å². The van der Waals surface area contributed by atoms with Crippen molar-refractivity contribution in [2.24, 2.45) is 12.0 Å². The smallest absolute Gasteiger partial charge is 0.191 e. The highest BCUT2D eigenvalue weighted by molar-refractivity contribution is 5.80. The van der Waals surface area contributed by atoms with Gasteiger partial charge in [-0.2, -0.15) is 0 Å². The molecule has 0 amide bonds. The van der Waals surface area contributed by atoms with Crippen LogP contribution in [0.2, 0.25) is 0 Å². The Hall–Kier alpha value is -2.35. The molecule has 4 rings (SSSR count). The SMILES string of the molecule is Cc1nnc(CN=C(NCC(c2ccco2)N2CCCC2)NC2CCCC2)n1C. The van der Waals surface area contributed by atoms with E-state index < -0.39 is 0 Å². The summed E-state index contributed by atoms with van der Waals surface area (Å²) < 4.78 is 7.75. The molecule has 0 spiro atoms. The van der Waals surface area contributed by atoms with Gasteiger partial charge in [-0.15, -0.1) is 10.2 Å². The number of hydrogen-bond acceptors (Lipinski definition) is 5. The van der Waals surface area contributed by atoms with E-state index in [1.165, 1.54) is 38.5 Å². The molecule has 8 nitrogen and oxygen atoms in total. The number of aryl methyl sites for hydroxylation is 1. The number of furan rings is 1. The van der Waals surface area contributed by atoms with Crippen molar-refractivity contribution in [3.63, 3.8) is 0 Å². The molecule has 0 bridgehead atoms. The first-order valence-corrected chi connectivity index (χ1v) is 10.9. The van der Waals surface area contributed by atoms with E-state index in [2.05, 4.69) is 31.8 Å². The van der Waals surface area contributed by atoms with Gasteiger partial charge in [0.2, 0.25) is 0 Å². The fraction of sp³-hybridized carbons (Fsp3) is 0.667. The lowest BCUT2D eigenvalue weighted by Crippen LogP contribution is -2.45. The monoisotopic (exact) mass is 399 g/mol. The second-order valence-electron chi connectivity index (χ2n) is 8.17. The topological polar surface area (TPSA) is 83.5 Å². The average molecular weight is 400 g/mol. The normalized spacial score (nSPS) is 19.7. The molecule has 1 saturated carbocycles. The van der Waals surface area contributed by atoms with Crippen molar-refractivity contribution in [2.45, 2.75) is 64.1 Å². The maximum atomic E-state index is 5.76. The van der Waals surface area contributed by atoms with Crippen LogP contribution in [0.3, 0.4) is 0 Å². The van der Waals surface area contributed by atoms with Gasteiger partial charge in [-0.05, 0) is 57.8 Å². The standard InChI is InChI=1S/C21H33N7O/c1-16-25-26-20(27(16)2)15-23-21(24-17-8-3-4-9-17)22-14-18(19-10-7-13-29-19)28-11-5-6-12-28/h7,10,13,17-18H,3-6,8-9,11-12,14-15H2,1-2H3,(H2,22,23,24). The molecule has 3 heterocycles. The molecule has 1 saturated heterocycles. The van der Waals surface area contributed by atoms with Crippen LogP contribution in [0, 0.1) is 6.92 Å². The molecule has 1 aliphatic heterocycles. The summed E-state index contributed by atoms with van der Waals surface area (Å²) in [6, 6.07) is 4.77. The molecule has 2 aromatic rings. The van der Waals surface area contributed by atoms with E-state index in [1.54, 1.807) is 6.26 Å². The number of likely N-dealkylation sites (tertiary alicyclic amines) is 1. The van der Waals surface area contributed by atoms with Crippen molar-refractivity contribution < 1.29 is 4.42 Å². The maximum Gasteiger partial charge on any atom is 0.191 e. The summed E-state index contributed by atoms with van der Waals surface area (Å²) in [4.78, 5) is 7.34. The van der Waals surface area contributed by atoms with Crippen LogP contribution in [0.1, 0.15) is 62.0 Å². The number of guanidine groups is 1. The van der Waals surface area contributed by atoms with Crippen molar-refractivity contribution in [1.29, 1.82) is 0 Å². The fourth-order valence-electron chi connectivity index (χ4n) is 4.29. The van der Waals surface area contributed by atoms with Crippen LogP contribution in [0.4, 0.5) is 0 Å². The summed E-state index contributed by atoms with van der Waals surface area (Å²) in [5.41, 5.74) is 0. The lowest BCUT2D eigenvalue weighted by Gasteiger charge is -2.27. The predicted molar refractivity (Wildman–Crippen MR) is 113 cm³/mol. The Balaban J connectivity index is 1.45. The lowest BCUT2D eigenvalue weighted by molar-refractivity contribution is 0.215. The first-order valence-electron chi connectivity index (χ1n) is 10.9. The van der Waals surface area contributed by atoms with Crippen molar-refractivity contribution >= 4 is 5.96 Å². The minimum Gasteiger partial charge on any atom is -0.468 e. The van der Waals surface area contributed by atoms with Crippen LogP contribution >= 0.6 is 0 Å². The Labute approximate surface area is 172 Å². The van der Waals surface area contributed by atoms with Gasteiger partial charge in [0.15, 0.2) is 11.8 Å². The predicted octanol–water partition coefficient (Wildman–Crippen LogP) is 2.53. The van der Waals surface area contributed by atoms with E-state index in [9.17, 15) is 0 Å². The number of nitrogens with one attached hydrogen (secondary N) is 2. The Morgan fingerprint density at radius 2 is 2.03 bits per heavy atom. The summed E-state index contributed by atoms with van der Waals surface area (Å²) in [5, 5.41) is 15.6. The van der Waals surface area contributed by atoms with E-state index in [-0.39, 0.29) is 6.04 Å². The molecule has 1 aliphatic carbocycles. The molecular formula is C21H33N7O. The molecule has 0 radical (unpaired) electrons. The first kappa shape index (κ1) is 19.9. The van der Waals surface area contributed by atoms with Crippen LogP contribution in [-0.4, -0.2) is 51.3 Å². The molecule has 8 heteroatoms. The van der Waals surface area contributed by atoms with Gasteiger partial charge in [-0.25, -0.2) is 4.99 Å². The minimum absolute atomic E-state index is 0.222. The summed E-state index contributed by atoms with van der Waals surface area (Å²) in [6.07, 6.45) is 9.26. The maximum absolute atomic E-state index is 5.76. The van der Waals surface area contributed by atoms with Crippen LogP contribution in [0.15, 0.2) is 27.8 Å². The van der Waals surface area contributed by atoms with E-state index in [0.29, 0.717) is 12.6 Å². The quantitative estimate of drug-likeness (QED) is 0.550. The molecule has 1 atom stereocenters. The molecule has 2 aliphatic rings. The fourth-order valence-corrected chi connectivity index (χ4v) is 4.29. The van der Waals surface area contributed by atoms with E-state index in [4.69, 9.17) is 9.41 Å². The molecule has 158 valence electrons. The minimum atomic E-state index is 0.222. The molecule has 1 unspecified atom stereocenters. The number of nitrogens with zero attached hydrogens (tertiary/aromatic N) is 5. The number of aliphatic imine (C=N–C) groups is 1. The Morgan fingerprint density at radius 3 is 2.69 bits per heavy atom. The average Bonchev–Trinajstić information content (AvgIpc) is 3.52. The second kappa shape index (κ2) is 9.43. The molecule has 29 heavy (non-hydrogen) atoms. The molecule has 0 aromatic carbocycles. The van der Waals surface area contributed by atoms with Crippen LogP contribution in [0.25, 0.3) is 0 Å². The Bertz CT molecular complexity index is 786. The number of hydrogen-bond donors (Lipinski definition) is 2. The summed E-state index contributed by atoms with van der Waals surface area (Å²) in [7, 11) is 1.98. The third kappa shape index (κ3) is 4.98. The summed E-state index contributed by atoms with van der Waals surface area (Å²) in [6.45, 7) is 5.47. The van der Waals surface area contributed by atoms with Gasteiger partial charge in [-0.3, -0.25) is 4.90 Å². The molecule has 2 N–H and O–H groups in total. The van der Waals surface area contributed by atoms with E-state index in [0.717, 1.165) is 43.0 Å². The first-order chi connectivity index (χ1) is 14.2. The van der Waals surface area contributed by atoms with Gasteiger partial charge in [-0.1, -0.05) is 12.8 Å². The van der Waals surface area contributed by atoms with Crippen molar-refractivity contribution in [3.05, 3.63) is 35.8 Å². The van der Waals surface area contributed by atoms with Crippen LogP contribution in [0.5, 0.6) is 0 Å². The molecular weight excluding hydrogens is 366 g/mol. The highest BCUT2D eigenvalue weighted by atomic mass is 16.3. The second-order valence-corrected chi connectivity index (χ2v) is 8.17. The van der Waals surface area contributed by atoms with E-state index in [1.807, 2.05) is 24.6 Å². The molecule has 2 aromatic heterocycles. The number of rotatable bonds is 7. The zero-order valence-corrected chi connectivity index (χ0v) is 17.6. The zero-order valence-electron chi connectivity index (χ0n) is 17.6. The highest BCUT2D eigenvalue weighted by Gasteiger charge is 2.26. The summed E-state index contributed by atoms with van der Waals surface area (Å²) in [5.74, 6) is 3.65. The van der Waals surface area contributed by atoms with Gasteiger partial charge >= 0.3 is 0 Å². The van der Waals surface area contributed by atoms with Gasteiger partial charge in [0, 0.05) is 19.6 Å². The summed E-state index contributed by atoms with van der Waals surface area (Å²) >= 11 is 0. The zero-order chi connectivity index (χ0) is 20.1. The van der Waals surface area contributed by atoms with Crippen molar-refractivity contribution in [3.8, 4) is 0 Å². The third-order valence-corrected chi connectivity index (χ3v) is 6.17. The van der Waals surface area contributed by atoms with Gasteiger partial charge in [0.1, 0.15) is 18.1 Å². The Kier molecular flexibility index (Phi) is 6.49. The van der Waals surface area contributed by atoms with Gasteiger partial charge in [0.25, 0.3) is 0 Å². The van der Waals surface area contributed by atoms with Gasteiger partial charge < -0.3 is 19.6 Å². The third-order valence-electron chi connectivity index (χ3n) is 6.17. The number of aromatic nitrogens is 3. The van der Waals surface area contributed by atoms with Crippen molar-refractivity contribution in [1.82, 2.24) is 30.3 Å². The van der Waals surface area contributed by atoms with E-state index >= 15 is 0 Å². The highest BCUT2D eigenvalue weighted by Crippen LogP contribution is 2.25. The largest absolute Gasteiger partial charge is 0.468 e. The van der Waals surface area contributed by atoms with Crippen LogP contribution in [-0.2, 0) is 13.6 Å². The Morgan fingerprint density at radius 1 is 1.24 bits per heavy atom. The van der Waals surface area contributed by atoms with Gasteiger partial charge in [0.05, 0.1) is 12.3 Å². The molecule has 2 fully saturated rings. The van der Waals surface area contributed by atoms with Crippen LogP contribution < -0.4 is 10.6 Å². The lowest BCUT2D eigenvalue weighted by atomic mass is 10.2.